The molecule has 2 fully saturated rings. The number of likely N-dealkylation sites (tertiary alicyclic amines) is 1. The Balaban J connectivity index is 1.80. The number of Topliss-reactive ketones (excluding diaryl/α,β-unsaturated/α-hetero) is 1. The molecule has 29 heavy (non-hydrogen) atoms. The molecule has 1 aromatic carbocycles. The van der Waals surface area contributed by atoms with Crippen LogP contribution in [0.4, 0.5) is 4.79 Å². The molecule has 5 nitrogen and oxygen atoms in total. The van der Waals surface area contributed by atoms with E-state index in [-0.39, 0.29) is 24.2 Å². The van der Waals surface area contributed by atoms with Crippen molar-refractivity contribution in [2.75, 3.05) is 6.54 Å². The third-order valence-corrected chi connectivity index (χ3v) is 6.12. The first kappa shape index (κ1) is 21.4. The van der Waals surface area contributed by atoms with Crippen molar-refractivity contribution >= 4 is 11.9 Å². The van der Waals surface area contributed by atoms with Crippen LogP contribution in [0.5, 0.6) is 0 Å². The Labute approximate surface area is 174 Å². The van der Waals surface area contributed by atoms with E-state index in [9.17, 15) is 9.59 Å². The number of carbonyl (C=O) groups excluding carboxylic acids is 2. The number of ketones is 1. The van der Waals surface area contributed by atoms with Crippen LogP contribution in [-0.4, -0.2) is 35.0 Å². The molecule has 5 heteroatoms. The normalized spacial score (nSPS) is 22.9. The van der Waals surface area contributed by atoms with E-state index in [1.165, 1.54) is 19.3 Å². The first-order valence-corrected chi connectivity index (χ1v) is 10.8. The quantitative estimate of drug-likeness (QED) is 0.727. The number of hydrogen-bond acceptors (Lipinski definition) is 4. The van der Waals surface area contributed by atoms with Crippen molar-refractivity contribution in [1.29, 1.82) is 5.26 Å². The van der Waals surface area contributed by atoms with Crippen LogP contribution in [0.15, 0.2) is 24.3 Å². The molecule has 1 amide bonds. The van der Waals surface area contributed by atoms with Gasteiger partial charge < -0.3 is 4.74 Å². The van der Waals surface area contributed by atoms with Gasteiger partial charge in [-0.25, -0.2) is 4.79 Å². The second kappa shape index (κ2) is 8.98. The molecule has 0 N–H and O–H groups in total. The Morgan fingerprint density at radius 2 is 1.76 bits per heavy atom. The average Bonchev–Trinajstić information content (AvgIpc) is 3.13. The number of carbonyl (C=O) groups is 2. The fourth-order valence-electron chi connectivity index (χ4n) is 4.81. The lowest BCUT2D eigenvalue weighted by Gasteiger charge is -2.34. The van der Waals surface area contributed by atoms with Crippen molar-refractivity contribution in [3.05, 3.63) is 35.4 Å². The molecule has 1 saturated carbocycles. The van der Waals surface area contributed by atoms with Gasteiger partial charge in [0.1, 0.15) is 5.60 Å². The molecule has 0 unspecified atom stereocenters. The predicted molar refractivity (Wildman–Crippen MR) is 111 cm³/mol. The smallest absolute Gasteiger partial charge is 0.410 e. The van der Waals surface area contributed by atoms with E-state index in [1.807, 2.05) is 32.9 Å². The van der Waals surface area contributed by atoms with Gasteiger partial charge in [-0.2, -0.15) is 5.26 Å². The predicted octanol–water partition coefficient (Wildman–Crippen LogP) is 4.88. The molecular formula is C24H32N2O3. The van der Waals surface area contributed by atoms with Crippen LogP contribution < -0.4 is 0 Å². The Morgan fingerprint density at radius 1 is 1.10 bits per heavy atom. The molecule has 2 atom stereocenters. The Kier molecular flexibility index (Phi) is 6.62. The molecule has 2 aliphatic rings. The molecule has 1 aliphatic carbocycles. The summed E-state index contributed by atoms with van der Waals surface area (Å²) in [6.07, 6.45) is 6.75. The lowest BCUT2D eigenvalue weighted by atomic mass is 9.75. The van der Waals surface area contributed by atoms with Gasteiger partial charge in [-0.1, -0.05) is 44.2 Å². The second-order valence-corrected chi connectivity index (χ2v) is 9.42. The highest BCUT2D eigenvalue weighted by Gasteiger charge is 2.46. The number of nitriles is 1. The first-order valence-electron chi connectivity index (χ1n) is 10.8. The third-order valence-electron chi connectivity index (χ3n) is 6.12. The SMILES string of the molecule is CC(C)(C)OC(=O)N1CC[C@@H](C2CCCCC2)[C@H]1C(=O)Cc1ccc(C#N)cc1. The molecule has 1 saturated heterocycles. The maximum absolute atomic E-state index is 13.4. The van der Waals surface area contributed by atoms with Gasteiger partial charge in [-0.05, 0) is 56.7 Å². The van der Waals surface area contributed by atoms with Crippen LogP contribution >= 0.6 is 0 Å². The number of hydrogen-bond donors (Lipinski definition) is 0. The molecule has 0 spiro atoms. The molecule has 0 bridgehead atoms. The lowest BCUT2D eigenvalue weighted by molar-refractivity contribution is -0.124. The molecule has 1 aliphatic heterocycles. The summed E-state index contributed by atoms with van der Waals surface area (Å²) in [7, 11) is 0. The van der Waals surface area contributed by atoms with E-state index >= 15 is 0 Å². The zero-order valence-electron chi connectivity index (χ0n) is 17.8. The maximum Gasteiger partial charge on any atom is 0.410 e. The molecule has 3 rings (SSSR count). The van der Waals surface area contributed by atoms with E-state index in [0.29, 0.717) is 18.0 Å². The minimum atomic E-state index is -0.583. The summed E-state index contributed by atoms with van der Waals surface area (Å²) < 4.78 is 5.62. The zero-order chi connectivity index (χ0) is 21.0. The Hall–Kier alpha value is -2.35. The number of nitrogens with zero attached hydrogens (tertiary/aromatic N) is 2. The van der Waals surface area contributed by atoms with Gasteiger partial charge >= 0.3 is 6.09 Å². The van der Waals surface area contributed by atoms with E-state index < -0.39 is 11.6 Å². The summed E-state index contributed by atoms with van der Waals surface area (Å²) in [5.41, 5.74) is 0.880. The zero-order valence-corrected chi connectivity index (χ0v) is 17.8. The number of ether oxygens (including phenoxy) is 1. The maximum atomic E-state index is 13.4. The highest BCUT2D eigenvalue weighted by atomic mass is 16.6. The number of benzene rings is 1. The molecule has 0 aromatic heterocycles. The van der Waals surface area contributed by atoms with Crippen LogP contribution in [0.3, 0.4) is 0 Å². The van der Waals surface area contributed by atoms with Crippen molar-refractivity contribution in [1.82, 2.24) is 4.90 Å². The van der Waals surface area contributed by atoms with Crippen molar-refractivity contribution < 1.29 is 14.3 Å². The minimum Gasteiger partial charge on any atom is -0.444 e. The van der Waals surface area contributed by atoms with Crippen LogP contribution in [0.2, 0.25) is 0 Å². The van der Waals surface area contributed by atoms with Gasteiger partial charge in [-0.15, -0.1) is 0 Å². The van der Waals surface area contributed by atoms with Crippen molar-refractivity contribution in [3.63, 3.8) is 0 Å². The van der Waals surface area contributed by atoms with Gasteiger partial charge in [0.15, 0.2) is 5.78 Å². The molecule has 1 heterocycles. The highest BCUT2D eigenvalue weighted by Crippen LogP contribution is 2.40. The van der Waals surface area contributed by atoms with Crippen LogP contribution in [0, 0.1) is 23.2 Å². The molecule has 156 valence electrons. The summed E-state index contributed by atoms with van der Waals surface area (Å²) in [5, 5.41) is 8.98. The summed E-state index contributed by atoms with van der Waals surface area (Å²) >= 11 is 0. The molecule has 0 radical (unpaired) electrons. The molecule has 1 aromatic rings. The van der Waals surface area contributed by atoms with Crippen LogP contribution in [0.1, 0.15) is 70.4 Å². The standard InChI is InChI=1S/C24H32N2O3/c1-24(2,3)29-23(28)26-14-13-20(19-7-5-4-6-8-19)22(26)21(27)15-17-9-11-18(16-25)12-10-17/h9-12,19-20,22H,4-8,13-15H2,1-3H3/t20-,22-/m0/s1. The topological polar surface area (TPSA) is 70.4 Å². The number of amides is 1. The highest BCUT2D eigenvalue weighted by molar-refractivity contribution is 5.90. The van der Waals surface area contributed by atoms with Gasteiger partial charge in [0.2, 0.25) is 0 Å². The van der Waals surface area contributed by atoms with Crippen LogP contribution in [-0.2, 0) is 16.0 Å². The summed E-state index contributed by atoms with van der Waals surface area (Å²) in [6, 6.07) is 8.83. The van der Waals surface area contributed by atoms with Crippen molar-refractivity contribution in [2.24, 2.45) is 11.8 Å². The monoisotopic (exact) mass is 396 g/mol. The summed E-state index contributed by atoms with van der Waals surface area (Å²) in [4.78, 5) is 27.9. The first-order chi connectivity index (χ1) is 13.8. The van der Waals surface area contributed by atoms with Gasteiger partial charge in [-0.3, -0.25) is 9.69 Å². The molecular weight excluding hydrogens is 364 g/mol. The largest absolute Gasteiger partial charge is 0.444 e. The fraction of sp³-hybridized carbons (Fsp3) is 0.625. The van der Waals surface area contributed by atoms with Gasteiger partial charge in [0, 0.05) is 13.0 Å². The second-order valence-electron chi connectivity index (χ2n) is 9.42. The third kappa shape index (κ3) is 5.38. The van der Waals surface area contributed by atoms with Crippen LogP contribution in [0.25, 0.3) is 0 Å². The van der Waals surface area contributed by atoms with E-state index in [4.69, 9.17) is 10.00 Å². The fourth-order valence-corrected chi connectivity index (χ4v) is 4.81. The summed E-state index contributed by atoms with van der Waals surface area (Å²) in [5.74, 6) is 0.799. The van der Waals surface area contributed by atoms with Gasteiger partial charge in [0.25, 0.3) is 0 Å². The van der Waals surface area contributed by atoms with E-state index in [0.717, 1.165) is 24.8 Å². The summed E-state index contributed by atoms with van der Waals surface area (Å²) in [6.45, 7) is 6.15. The van der Waals surface area contributed by atoms with E-state index in [1.54, 1.807) is 17.0 Å². The van der Waals surface area contributed by atoms with Crippen molar-refractivity contribution in [3.8, 4) is 6.07 Å². The average molecular weight is 397 g/mol. The minimum absolute atomic E-state index is 0.0774. The Bertz CT molecular complexity index is 767. The van der Waals surface area contributed by atoms with Gasteiger partial charge in [0.05, 0.1) is 17.7 Å². The number of rotatable bonds is 4. The Morgan fingerprint density at radius 3 is 2.34 bits per heavy atom. The van der Waals surface area contributed by atoms with Crippen molar-refractivity contribution in [2.45, 2.75) is 77.4 Å². The van der Waals surface area contributed by atoms with E-state index in [2.05, 4.69) is 6.07 Å². The lowest BCUT2D eigenvalue weighted by Crippen LogP contribution is -2.47.